The zero-order chi connectivity index (χ0) is 18.8. The third-order valence-corrected chi connectivity index (χ3v) is 3.39. The number of pyridine rings is 1. The van der Waals surface area contributed by atoms with Crippen LogP contribution in [0.25, 0.3) is 0 Å². The van der Waals surface area contributed by atoms with Gasteiger partial charge in [0.15, 0.2) is 5.82 Å². The Labute approximate surface area is 143 Å². The molecule has 0 atom stereocenters. The van der Waals surface area contributed by atoms with Gasteiger partial charge < -0.3 is 10.4 Å². The quantitative estimate of drug-likeness (QED) is 0.785. The molecule has 0 unspecified atom stereocenters. The monoisotopic (exact) mass is 376 g/mol. The summed E-state index contributed by atoms with van der Waals surface area (Å²) < 4.78 is 50.5. The highest BCUT2D eigenvalue weighted by Crippen LogP contribution is 2.31. The first kappa shape index (κ1) is 18.7. The maximum atomic E-state index is 12.7. The smallest absolute Gasteiger partial charge is 0.416 e. The van der Waals surface area contributed by atoms with Crippen LogP contribution in [0.3, 0.4) is 0 Å². The van der Waals surface area contributed by atoms with Gasteiger partial charge in [-0.25, -0.2) is 14.2 Å². The second-order valence-corrected chi connectivity index (χ2v) is 5.23. The number of anilines is 1. The number of hydrogen-bond donors (Lipinski definition) is 2. The van der Waals surface area contributed by atoms with Crippen molar-refractivity contribution in [2.75, 3.05) is 5.32 Å². The standard InChI is InChI=1S/C15H9ClF4N2O3/c16-11-3-7(5-17)6-21-12(11)22-13(23)9-2-1-8(15(18,19)20)4-10(9)14(24)25/h1-4,6H,5H2,(H,24,25)(H,21,22,23). The van der Waals surface area contributed by atoms with Crippen molar-refractivity contribution in [3.63, 3.8) is 0 Å². The van der Waals surface area contributed by atoms with Crippen LogP contribution in [0.1, 0.15) is 31.8 Å². The Morgan fingerprint density at radius 3 is 2.40 bits per heavy atom. The lowest BCUT2D eigenvalue weighted by Gasteiger charge is -2.12. The summed E-state index contributed by atoms with van der Waals surface area (Å²) >= 11 is 5.82. The number of nitrogens with one attached hydrogen (secondary N) is 1. The van der Waals surface area contributed by atoms with Crippen LogP contribution in [-0.4, -0.2) is 22.0 Å². The van der Waals surface area contributed by atoms with Gasteiger partial charge in [-0.2, -0.15) is 13.2 Å². The third-order valence-electron chi connectivity index (χ3n) is 3.11. The molecule has 2 rings (SSSR count). The summed E-state index contributed by atoms with van der Waals surface area (Å²) in [6.45, 7) is -0.830. The first-order valence-corrected chi connectivity index (χ1v) is 6.97. The molecule has 0 aliphatic rings. The summed E-state index contributed by atoms with van der Waals surface area (Å²) in [4.78, 5) is 27.1. The Hall–Kier alpha value is -2.68. The average molecular weight is 377 g/mol. The lowest BCUT2D eigenvalue weighted by atomic mass is 10.0. The molecule has 0 bridgehead atoms. The average Bonchev–Trinajstić information content (AvgIpc) is 2.55. The first-order chi connectivity index (χ1) is 11.6. The van der Waals surface area contributed by atoms with Gasteiger partial charge in [0.1, 0.15) is 6.67 Å². The van der Waals surface area contributed by atoms with Gasteiger partial charge in [0, 0.05) is 11.8 Å². The van der Waals surface area contributed by atoms with Crippen molar-refractivity contribution in [2.24, 2.45) is 0 Å². The molecule has 0 saturated heterocycles. The van der Waals surface area contributed by atoms with E-state index < -0.39 is 41.4 Å². The fourth-order valence-corrected chi connectivity index (χ4v) is 2.15. The SMILES string of the molecule is O=C(O)c1cc(C(F)(F)F)ccc1C(=O)Nc1ncc(CF)cc1Cl. The van der Waals surface area contributed by atoms with Gasteiger partial charge in [-0.05, 0) is 24.3 Å². The van der Waals surface area contributed by atoms with E-state index >= 15 is 0 Å². The van der Waals surface area contributed by atoms with E-state index in [0.29, 0.717) is 12.1 Å². The molecule has 0 radical (unpaired) electrons. The number of carboxylic acids is 1. The van der Waals surface area contributed by atoms with Gasteiger partial charge in [0.25, 0.3) is 5.91 Å². The zero-order valence-corrected chi connectivity index (χ0v) is 13.0. The topological polar surface area (TPSA) is 79.3 Å². The summed E-state index contributed by atoms with van der Waals surface area (Å²) in [6, 6.07) is 2.89. The first-order valence-electron chi connectivity index (χ1n) is 6.59. The third kappa shape index (κ3) is 4.24. The molecule has 0 spiro atoms. The van der Waals surface area contributed by atoms with Crippen molar-refractivity contribution >= 4 is 29.3 Å². The number of halogens is 5. The van der Waals surface area contributed by atoms with Gasteiger partial charge in [0.2, 0.25) is 0 Å². The van der Waals surface area contributed by atoms with E-state index in [1.165, 1.54) is 6.07 Å². The highest BCUT2D eigenvalue weighted by atomic mass is 35.5. The Balaban J connectivity index is 2.37. The second kappa shape index (κ2) is 7.06. The van der Waals surface area contributed by atoms with Crippen LogP contribution in [0.5, 0.6) is 0 Å². The number of aromatic carboxylic acids is 1. The summed E-state index contributed by atoms with van der Waals surface area (Å²) in [6.07, 6.45) is -3.65. The number of carboxylic acid groups (broad SMARTS) is 1. The van der Waals surface area contributed by atoms with Gasteiger partial charge in [-0.3, -0.25) is 4.79 Å². The summed E-state index contributed by atoms with van der Waals surface area (Å²) in [5.41, 5.74) is -2.38. The minimum absolute atomic E-state index is 0.104. The van der Waals surface area contributed by atoms with E-state index in [-0.39, 0.29) is 16.4 Å². The van der Waals surface area contributed by atoms with E-state index in [0.717, 1.165) is 12.3 Å². The Kier molecular flexibility index (Phi) is 5.27. The number of carbonyl (C=O) groups excluding carboxylic acids is 1. The Morgan fingerprint density at radius 2 is 1.88 bits per heavy atom. The van der Waals surface area contributed by atoms with Gasteiger partial charge in [-0.1, -0.05) is 11.6 Å². The molecule has 0 saturated carbocycles. The summed E-state index contributed by atoms with van der Waals surface area (Å²) in [5, 5.41) is 11.1. The number of nitrogens with zero attached hydrogens (tertiary/aromatic N) is 1. The molecule has 1 aromatic heterocycles. The molecule has 1 heterocycles. The Morgan fingerprint density at radius 1 is 1.20 bits per heavy atom. The van der Waals surface area contributed by atoms with Gasteiger partial charge in [0.05, 0.1) is 21.7 Å². The van der Waals surface area contributed by atoms with Crippen LogP contribution in [0, 0.1) is 0 Å². The molecule has 2 N–H and O–H groups in total. The van der Waals surface area contributed by atoms with Gasteiger partial charge >= 0.3 is 12.1 Å². The molecule has 10 heteroatoms. The molecule has 1 amide bonds. The van der Waals surface area contributed by atoms with E-state index in [4.69, 9.17) is 16.7 Å². The molecule has 0 fully saturated rings. The minimum atomic E-state index is -4.76. The van der Waals surface area contributed by atoms with Crippen LogP contribution in [0.4, 0.5) is 23.4 Å². The van der Waals surface area contributed by atoms with Crippen LogP contribution in [-0.2, 0) is 12.9 Å². The number of rotatable bonds is 4. The molecular formula is C15H9ClF4N2O3. The lowest BCUT2D eigenvalue weighted by molar-refractivity contribution is -0.137. The number of hydrogen-bond acceptors (Lipinski definition) is 3. The molecule has 132 valence electrons. The van der Waals surface area contributed by atoms with Crippen LogP contribution in [0.15, 0.2) is 30.5 Å². The van der Waals surface area contributed by atoms with Crippen LogP contribution < -0.4 is 5.32 Å². The molecule has 0 aliphatic carbocycles. The minimum Gasteiger partial charge on any atom is -0.478 e. The maximum Gasteiger partial charge on any atom is 0.416 e. The second-order valence-electron chi connectivity index (χ2n) is 4.83. The van der Waals surface area contributed by atoms with Crippen LogP contribution in [0.2, 0.25) is 5.02 Å². The number of carbonyl (C=O) groups is 2. The number of amides is 1. The molecule has 5 nitrogen and oxygen atoms in total. The lowest BCUT2D eigenvalue weighted by Crippen LogP contribution is -2.19. The zero-order valence-electron chi connectivity index (χ0n) is 12.2. The summed E-state index contributed by atoms with van der Waals surface area (Å²) in [7, 11) is 0. The Bertz CT molecular complexity index is 840. The molecule has 25 heavy (non-hydrogen) atoms. The fourth-order valence-electron chi connectivity index (χ4n) is 1.91. The van der Waals surface area contributed by atoms with Crippen LogP contribution >= 0.6 is 11.6 Å². The van der Waals surface area contributed by atoms with Crippen molar-refractivity contribution in [1.82, 2.24) is 4.98 Å². The predicted molar refractivity (Wildman–Crippen MR) is 80.4 cm³/mol. The van der Waals surface area contributed by atoms with E-state index in [2.05, 4.69) is 10.3 Å². The van der Waals surface area contributed by atoms with Crippen molar-refractivity contribution in [2.45, 2.75) is 12.9 Å². The number of alkyl halides is 4. The number of aromatic nitrogens is 1. The van der Waals surface area contributed by atoms with E-state index in [1.807, 2.05) is 0 Å². The summed E-state index contributed by atoms with van der Waals surface area (Å²) in [5.74, 6) is -2.91. The van der Waals surface area contributed by atoms with Crippen molar-refractivity contribution in [1.29, 1.82) is 0 Å². The van der Waals surface area contributed by atoms with Gasteiger partial charge in [-0.15, -0.1) is 0 Å². The fraction of sp³-hybridized carbons (Fsp3) is 0.133. The molecular weight excluding hydrogens is 368 g/mol. The molecule has 0 aliphatic heterocycles. The van der Waals surface area contributed by atoms with E-state index in [9.17, 15) is 27.2 Å². The van der Waals surface area contributed by atoms with Crippen molar-refractivity contribution in [3.05, 3.63) is 57.7 Å². The largest absolute Gasteiger partial charge is 0.478 e. The number of benzene rings is 1. The molecule has 1 aromatic carbocycles. The van der Waals surface area contributed by atoms with Crippen molar-refractivity contribution < 1.29 is 32.3 Å². The maximum absolute atomic E-state index is 12.7. The molecule has 2 aromatic rings. The van der Waals surface area contributed by atoms with Crippen molar-refractivity contribution in [3.8, 4) is 0 Å². The normalized spacial score (nSPS) is 11.2. The highest BCUT2D eigenvalue weighted by Gasteiger charge is 2.32. The highest BCUT2D eigenvalue weighted by molar-refractivity contribution is 6.33. The van der Waals surface area contributed by atoms with E-state index in [1.54, 1.807) is 0 Å². The predicted octanol–water partition coefficient (Wildman–Crippen LogP) is 4.17.